The Morgan fingerprint density at radius 3 is 2.52 bits per heavy atom. The molecular formula is C22H22N4O2S. The Labute approximate surface area is 173 Å². The van der Waals surface area contributed by atoms with Crippen molar-refractivity contribution in [3.63, 3.8) is 0 Å². The molecule has 1 amide bonds. The quantitative estimate of drug-likeness (QED) is 0.521. The monoisotopic (exact) mass is 406 g/mol. The van der Waals surface area contributed by atoms with Crippen LogP contribution in [0.25, 0.3) is 16.2 Å². The molecule has 7 heteroatoms. The second-order valence-corrected chi connectivity index (χ2v) is 8.01. The number of rotatable bonds is 5. The molecule has 0 atom stereocenters. The Kier molecular flexibility index (Phi) is 5.07. The number of thiazole rings is 1. The molecule has 0 saturated carbocycles. The average molecular weight is 407 g/mol. The zero-order chi connectivity index (χ0) is 20.5. The van der Waals surface area contributed by atoms with Crippen LogP contribution < -0.4 is 10.1 Å². The lowest BCUT2D eigenvalue weighted by Crippen LogP contribution is -2.21. The molecule has 0 radical (unpaired) electrons. The molecular weight excluding hydrogens is 384 g/mol. The second kappa shape index (κ2) is 7.67. The Hall–Kier alpha value is -3.19. The van der Waals surface area contributed by atoms with Gasteiger partial charge >= 0.3 is 0 Å². The van der Waals surface area contributed by atoms with Gasteiger partial charge in [0.05, 0.1) is 5.69 Å². The van der Waals surface area contributed by atoms with Gasteiger partial charge in [0.25, 0.3) is 11.9 Å². The lowest BCUT2D eigenvalue weighted by atomic mass is 10.0. The van der Waals surface area contributed by atoms with Crippen LogP contribution in [0.5, 0.6) is 5.75 Å². The van der Waals surface area contributed by atoms with Crippen LogP contribution in [0.4, 0.5) is 5.95 Å². The molecule has 4 rings (SSSR count). The van der Waals surface area contributed by atoms with Gasteiger partial charge < -0.3 is 4.74 Å². The highest BCUT2D eigenvalue weighted by Crippen LogP contribution is 2.29. The van der Waals surface area contributed by atoms with Crippen molar-refractivity contribution in [2.75, 3.05) is 11.9 Å². The molecule has 0 spiro atoms. The van der Waals surface area contributed by atoms with Gasteiger partial charge in [0, 0.05) is 10.9 Å². The van der Waals surface area contributed by atoms with E-state index in [0.717, 1.165) is 27.3 Å². The minimum absolute atomic E-state index is 0.0965. The van der Waals surface area contributed by atoms with Gasteiger partial charge in [-0.1, -0.05) is 41.5 Å². The van der Waals surface area contributed by atoms with Crippen LogP contribution in [0.1, 0.15) is 22.3 Å². The third kappa shape index (κ3) is 4.00. The van der Waals surface area contributed by atoms with E-state index in [0.29, 0.717) is 5.75 Å². The van der Waals surface area contributed by atoms with Crippen LogP contribution in [0.15, 0.2) is 41.8 Å². The third-order valence-electron chi connectivity index (χ3n) is 4.68. The summed E-state index contributed by atoms with van der Waals surface area (Å²) in [4.78, 5) is 17.4. The van der Waals surface area contributed by atoms with E-state index in [9.17, 15) is 4.79 Å². The number of nitrogens with zero attached hydrogens (tertiary/aromatic N) is 3. The summed E-state index contributed by atoms with van der Waals surface area (Å²) in [5, 5.41) is 9.22. The van der Waals surface area contributed by atoms with E-state index in [4.69, 9.17) is 4.74 Å². The number of carbonyl (C=O) groups is 1. The SMILES string of the molecule is Cc1ccc(OCC(=O)Nc2nc3scc(-c4ccc(C)cc4C)n3n2)c(C)c1. The molecule has 0 unspecified atom stereocenters. The number of aromatic nitrogens is 3. The summed E-state index contributed by atoms with van der Waals surface area (Å²) in [7, 11) is 0. The Morgan fingerprint density at radius 2 is 1.79 bits per heavy atom. The van der Waals surface area contributed by atoms with Crippen LogP contribution in [0, 0.1) is 27.7 Å². The van der Waals surface area contributed by atoms with Gasteiger partial charge in [-0.05, 0) is 44.9 Å². The summed E-state index contributed by atoms with van der Waals surface area (Å²) in [5.41, 5.74) is 6.60. The first-order chi connectivity index (χ1) is 13.9. The molecule has 0 aliphatic heterocycles. The van der Waals surface area contributed by atoms with Gasteiger partial charge in [-0.2, -0.15) is 4.98 Å². The maximum atomic E-state index is 12.3. The molecule has 6 nitrogen and oxygen atoms in total. The fourth-order valence-electron chi connectivity index (χ4n) is 3.29. The highest BCUT2D eigenvalue weighted by atomic mass is 32.1. The smallest absolute Gasteiger partial charge is 0.264 e. The van der Waals surface area contributed by atoms with E-state index >= 15 is 0 Å². The molecule has 0 aliphatic carbocycles. The number of hydrogen-bond acceptors (Lipinski definition) is 5. The molecule has 148 valence electrons. The number of amides is 1. The number of nitrogens with one attached hydrogen (secondary N) is 1. The van der Waals surface area contributed by atoms with Crippen molar-refractivity contribution in [1.82, 2.24) is 14.6 Å². The lowest BCUT2D eigenvalue weighted by molar-refractivity contribution is -0.118. The van der Waals surface area contributed by atoms with Gasteiger partial charge in [0.15, 0.2) is 6.61 Å². The van der Waals surface area contributed by atoms with Crippen molar-refractivity contribution in [2.24, 2.45) is 0 Å². The van der Waals surface area contributed by atoms with Crippen LogP contribution in [-0.2, 0) is 4.79 Å². The van der Waals surface area contributed by atoms with E-state index in [1.807, 2.05) is 37.4 Å². The van der Waals surface area contributed by atoms with Gasteiger partial charge in [0.1, 0.15) is 5.75 Å². The Bertz CT molecular complexity index is 1210. The lowest BCUT2D eigenvalue weighted by Gasteiger charge is -2.09. The maximum Gasteiger partial charge on any atom is 0.264 e. The molecule has 2 aromatic carbocycles. The maximum absolute atomic E-state index is 12.3. The summed E-state index contributed by atoms with van der Waals surface area (Å²) in [6, 6.07) is 12.2. The number of fused-ring (bicyclic) bond motifs is 1. The molecule has 0 aliphatic rings. The molecule has 0 bridgehead atoms. The standard InChI is InChI=1S/C22H22N4O2S/c1-13-5-7-17(15(3)9-13)18-12-29-22-24-21(25-26(18)22)23-20(27)11-28-19-8-6-14(2)10-16(19)4/h5-10,12H,11H2,1-4H3,(H,23,25,27). The topological polar surface area (TPSA) is 68.5 Å². The van der Waals surface area contributed by atoms with E-state index in [2.05, 4.69) is 47.4 Å². The van der Waals surface area contributed by atoms with Crippen molar-refractivity contribution >= 4 is 28.2 Å². The van der Waals surface area contributed by atoms with Gasteiger partial charge in [-0.25, -0.2) is 4.52 Å². The minimum Gasteiger partial charge on any atom is -0.483 e. The average Bonchev–Trinajstić information content (AvgIpc) is 3.21. The third-order valence-corrected chi connectivity index (χ3v) is 5.50. The van der Waals surface area contributed by atoms with E-state index in [-0.39, 0.29) is 18.5 Å². The second-order valence-electron chi connectivity index (χ2n) is 7.17. The highest BCUT2D eigenvalue weighted by Gasteiger charge is 2.15. The van der Waals surface area contributed by atoms with Crippen molar-refractivity contribution in [2.45, 2.75) is 27.7 Å². The molecule has 0 saturated heterocycles. The molecule has 0 fully saturated rings. The summed E-state index contributed by atoms with van der Waals surface area (Å²) in [5.74, 6) is 0.676. The zero-order valence-electron chi connectivity index (χ0n) is 16.8. The molecule has 1 N–H and O–H groups in total. The van der Waals surface area contributed by atoms with Gasteiger partial charge in [0.2, 0.25) is 4.96 Å². The number of hydrogen-bond donors (Lipinski definition) is 1. The van der Waals surface area contributed by atoms with E-state index < -0.39 is 0 Å². The zero-order valence-corrected chi connectivity index (χ0v) is 17.6. The molecule has 2 heterocycles. The van der Waals surface area contributed by atoms with Crippen LogP contribution in [-0.4, -0.2) is 27.1 Å². The Morgan fingerprint density at radius 1 is 1.07 bits per heavy atom. The van der Waals surface area contributed by atoms with Crippen LogP contribution in [0.3, 0.4) is 0 Å². The van der Waals surface area contributed by atoms with E-state index in [1.54, 1.807) is 4.52 Å². The van der Waals surface area contributed by atoms with E-state index in [1.165, 1.54) is 22.5 Å². The summed E-state index contributed by atoms with van der Waals surface area (Å²) < 4.78 is 7.40. The molecule has 4 aromatic rings. The number of benzene rings is 2. The largest absolute Gasteiger partial charge is 0.483 e. The first-order valence-electron chi connectivity index (χ1n) is 9.32. The summed E-state index contributed by atoms with van der Waals surface area (Å²) in [6.07, 6.45) is 0. The molecule has 29 heavy (non-hydrogen) atoms. The van der Waals surface area contributed by atoms with Gasteiger partial charge in [-0.3, -0.25) is 10.1 Å². The number of carbonyl (C=O) groups excluding carboxylic acids is 1. The molecule has 2 aromatic heterocycles. The van der Waals surface area contributed by atoms with Crippen molar-refractivity contribution in [3.05, 3.63) is 64.0 Å². The summed E-state index contributed by atoms with van der Waals surface area (Å²) in [6.45, 7) is 8.03. The first kappa shape index (κ1) is 19.1. The number of ether oxygens (including phenoxy) is 1. The predicted molar refractivity (Wildman–Crippen MR) is 116 cm³/mol. The normalized spacial score (nSPS) is 11.0. The van der Waals surface area contributed by atoms with Crippen LogP contribution in [0.2, 0.25) is 0 Å². The predicted octanol–water partition coefficient (Wildman–Crippen LogP) is 4.71. The Balaban J connectivity index is 1.49. The van der Waals surface area contributed by atoms with Crippen molar-refractivity contribution < 1.29 is 9.53 Å². The van der Waals surface area contributed by atoms with Crippen molar-refractivity contribution in [1.29, 1.82) is 0 Å². The number of aryl methyl sites for hydroxylation is 4. The fraction of sp³-hybridized carbons (Fsp3) is 0.227. The van der Waals surface area contributed by atoms with Gasteiger partial charge in [-0.15, -0.1) is 16.4 Å². The summed E-state index contributed by atoms with van der Waals surface area (Å²) >= 11 is 1.49. The van der Waals surface area contributed by atoms with Crippen LogP contribution >= 0.6 is 11.3 Å². The minimum atomic E-state index is -0.295. The fourth-order valence-corrected chi connectivity index (χ4v) is 4.11. The van der Waals surface area contributed by atoms with Crippen molar-refractivity contribution in [3.8, 4) is 17.0 Å². The highest BCUT2D eigenvalue weighted by molar-refractivity contribution is 7.15. The number of anilines is 1. The first-order valence-corrected chi connectivity index (χ1v) is 10.2.